The fourth-order valence-corrected chi connectivity index (χ4v) is 1.33. The van der Waals surface area contributed by atoms with E-state index in [1.165, 1.54) is 12.8 Å². The van der Waals surface area contributed by atoms with Gasteiger partial charge in [0.2, 0.25) is 0 Å². The molecule has 96 valence electrons. The normalized spacial score (nSPS) is 13.2. The molecule has 0 radical (unpaired) electrons. The zero-order valence-corrected chi connectivity index (χ0v) is 11.6. The Kier molecular flexibility index (Phi) is 7.18. The summed E-state index contributed by atoms with van der Waals surface area (Å²) in [6, 6.07) is 0. The summed E-state index contributed by atoms with van der Waals surface area (Å²) in [5.74, 6) is 1.16. The van der Waals surface area contributed by atoms with Crippen molar-refractivity contribution in [3.05, 3.63) is 0 Å². The van der Waals surface area contributed by atoms with Crippen LogP contribution < -0.4 is 11.1 Å². The maximum atomic E-state index is 5.73. The molecular weight excluding hydrogens is 198 g/mol. The first kappa shape index (κ1) is 15.3. The molecule has 0 aliphatic heterocycles. The van der Waals surface area contributed by atoms with Gasteiger partial charge in [-0.2, -0.15) is 0 Å². The van der Waals surface area contributed by atoms with Gasteiger partial charge in [-0.15, -0.1) is 0 Å². The second-order valence-corrected chi connectivity index (χ2v) is 6.06. The monoisotopic (exact) mass is 227 g/mol. The first-order valence-corrected chi connectivity index (χ1v) is 6.35. The van der Waals surface area contributed by atoms with Crippen LogP contribution in [-0.2, 0) is 0 Å². The van der Waals surface area contributed by atoms with E-state index in [-0.39, 0.29) is 0 Å². The lowest BCUT2D eigenvalue weighted by molar-refractivity contribution is 0.360. The maximum absolute atomic E-state index is 5.73. The molecule has 0 unspecified atom stereocenters. The number of guanidine groups is 1. The summed E-state index contributed by atoms with van der Waals surface area (Å²) < 4.78 is 0. The van der Waals surface area contributed by atoms with Crippen molar-refractivity contribution in [3.8, 4) is 0 Å². The van der Waals surface area contributed by atoms with Gasteiger partial charge in [-0.05, 0) is 24.2 Å². The topological polar surface area (TPSA) is 50.4 Å². The smallest absolute Gasteiger partial charge is 0.188 e. The second-order valence-electron chi connectivity index (χ2n) is 6.06. The largest absolute Gasteiger partial charge is 0.370 e. The van der Waals surface area contributed by atoms with E-state index in [9.17, 15) is 0 Å². The molecule has 0 aromatic rings. The summed E-state index contributed by atoms with van der Waals surface area (Å²) in [6.07, 6.45) is 3.67. The third-order valence-corrected chi connectivity index (χ3v) is 2.29. The van der Waals surface area contributed by atoms with Gasteiger partial charge in [-0.1, -0.05) is 41.0 Å². The van der Waals surface area contributed by atoms with Crippen molar-refractivity contribution < 1.29 is 0 Å². The minimum atomic E-state index is 0.442. The molecule has 0 atom stereocenters. The number of rotatable bonds is 6. The quantitative estimate of drug-likeness (QED) is 0.416. The molecule has 0 amide bonds. The molecule has 0 aromatic carbocycles. The number of aliphatic imine (C=N–C) groups is 1. The third kappa shape index (κ3) is 11.3. The zero-order valence-electron chi connectivity index (χ0n) is 11.6. The first-order valence-electron chi connectivity index (χ1n) is 6.35. The van der Waals surface area contributed by atoms with Crippen LogP contribution in [0.1, 0.15) is 53.9 Å². The van der Waals surface area contributed by atoms with Crippen molar-refractivity contribution in [1.29, 1.82) is 0 Å². The molecule has 0 heterocycles. The molecule has 3 heteroatoms. The van der Waals surface area contributed by atoms with Crippen LogP contribution in [0.2, 0.25) is 0 Å². The van der Waals surface area contributed by atoms with Crippen LogP contribution in [0.5, 0.6) is 0 Å². The summed E-state index contributed by atoms with van der Waals surface area (Å²) >= 11 is 0. The van der Waals surface area contributed by atoms with Crippen molar-refractivity contribution in [2.45, 2.75) is 53.9 Å². The van der Waals surface area contributed by atoms with Crippen molar-refractivity contribution in [2.24, 2.45) is 22.1 Å². The highest BCUT2D eigenvalue weighted by atomic mass is 15.1. The highest BCUT2D eigenvalue weighted by Crippen LogP contribution is 2.20. The van der Waals surface area contributed by atoms with Crippen LogP contribution in [0.3, 0.4) is 0 Å². The van der Waals surface area contributed by atoms with Crippen molar-refractivity contribution >= 4 is 5.96 Å². The zero-order chi connectivity index (χ0) is 12.6. The van der Waals surface area contributed by atoms with Gasteiger partial charge in [-0.25, -0.2) is 0 Å². The Morgan fingerprint density at radius 2 is 1.88 bits per heavy atom. The fraction of sp³-hybridized carbons (Fsp3) is 0.923. The summed E-state index contributed by atoms with van der Waals surface area (Å²) in [4.78, 5) is 4.25. The van der Waals surface area contributed by atoms with Gasteiger partial charge in [-0.3, -0.25) is 4.99 Å². The van der Waals surface area contributed by atoms with Gasteiger partial charge in [0.15, 0.2) is 5.96 Å². The summed E-state index contributed by atoms with van der Waals surface area (Å²) in [6.45, 7) is 12.8. The van der Waals surface area contributed by atoms with Gasteiger partial charge < -0.3 is 11.1 Å². The average molecular weight is 227 g/mol. The Morgan fingerprint density at radius 3 is 2.38 bits per heavy atom. The molecule has 0 fully saturated rings. The molecule has 0 bridgehead atoms. The summed E-state index contributed by atoms with van der Waals surface area (Å²) in [5.41, 5.74) is 6.17. The predicted octanol–water partition coefficient (Wildman–Crippen LogP) is 2.76. The number of hydrogen-bond donors (Lipinski definition) is 2. The lowest BCUT2D eigenvalue weighted by Gasteiger charge is -2.17. The van der Waals surface area contributed by atoms with Gasteiger partial charge in [0.1, 0.15) is 0 Å². The Morgan fingerprint density at radius 1 is 1.25 bits per heavy atom. The van der Waals surface area contributed by atoms with E-state index in [1.807, 2.05) is 0 Å². The molecule has 0 saturated heterocycles. The van der Waals surface area contributed by atoms with Crippen LogP contribution in [0, 0.1) is 11.3 Å². The second kappa shape index (κ2) is 7.53. The van der Waals surface area contributed by atoms with Crippen LogP contribution in [0.25, 0.3) is 0 Å². The standard InChI is InChI=1S/C13H29N3/c1-11(2)10-16-12(14)15-9-7-6-8-13(3,4)5/h11H,6-10H2,1-5H3,(H3,14,15,16). The van der Waals surface area contributed by atoms with Crippen molar-refractivity contribution in [3.63, 3.8) is 0 Å². The highest BCUT2D eigenvalue weighted by molar-refractivity contribution is 5.77. The van der Waals surface area contributed by atoms with E-state index in [2.05, 4.69) is 44.9 Å². The van der Waals surface area contributed by atoms with E-state index >= 15 is 0 Å². The van der Waals surface area contributed by atoms with Crippen molar-refractivity contribution in [1.82, 2.24) is 5.32 Å². The Bertz CT molecular complexity index is 202. The lowest BCUT2D eigenvalue weighted by atomic mass is 9.90. The first-order chi connectivity index (χ1) is 7.31. The molecule has 3 nitrogen and oxygen atoms in total. The lowest BCUT2D eigenvalue weighted by Crippen LogP contribution is -2.32. The predicted molar refractivity (Wildman–Crippen MR) is 72.6 cm³/mol. The van der Waals surface area contributed by atoms with Crippen LogP contribution in [0.4, 0.5) is 0 Å². The number of nitrogens with one attached hydrogen (secondary N) is 1. The average Bonchev–Trinajstić information content (AvgIpc) is 2.12. The highest BCUT2D eigenvalue weighted by Gasteiger charge is 2.08. The van der Waals surface area contributed by atoms with Crippen LogP contribution in [0.15, 0.2) is 4.99 Å². The number of nitrogens with two attached hydrogens (primary N) is 1. The van der Waals surface area contributed by atoms with Crippen LogP contribution in [-0.4, -0.2) is 19.0 Å². The van der Waals surface area contributed by atoms with E-state index in [0.717, 1.165) is 19.5 Å². The SMILES string of the molecule is CC(C)CN=C(N)NCCCCC(C)(C)C. The Labute approximate surface area is 101 Å². The van der Waals surface area contributed by atoms with Gasteiger partial charge in [0.25, 0.3) is 0 Å². The summed E-state index contributed by atoms with van der Waals surface area (Å²) in [5, 5.41) is 3.15. The molecule has 0 saturated carbocycles. The fourth-order valence-electron chi connectivity index (χ4n) is 1.33. The van der Waals surface area contributed by atoms with E-state index < -0.39 is 0 Å². The Hall–Kier alpha value is -0.730. The number of nitrogens with zero attached hydrogens (tertiary/aromatic N) is 1. The molecule has 0 rings (SSSR count). The maximum Gasteiger partial charge on any atom is 0.188 e. The van der Waals surface area contributed by atoms with Gasteiger partial charge in [0, 0.05) is 13.1 Å². The Balaban J connectivity index is 3.48. The molecule has 3 N–H and O–H groups in total. The summed E-state index contributed by atoms with van der Waals surface area (Å²) in [7, 11) is 0. The number of unbranched alkanes of at least 4 members (excludes halogenated alkanes) is 1. The molecule has 0 spiro atoms. The van der Waals surface area contributed by atoms with E-state index in [4.69, 9.17) is 5.73 Å². The molecule has 0 aliphatic rings. The minimum absolute atomic E-state index is 0.442. The molecule has 0 aromatic heterocycles. The van der Waals surface area contributed by atoms with Crippen molar-refractivity contribution in [2.75, 3.05) is 13.1 Å². The van der Waals surface area contributed by atoms with E-state index in [1.54, 1.807) is 0 Å². The minimum Gasteiger partial charge on any atom is -0.370 e. The number of hydrogen-bond acceptors (Lipinski definition) is 1. The van der Waals surface area contributed by atoms with Gasteiger partial charge >= 0.3 is 0 Å². The van der Waals surface area contributed by atoms with E-state index in [0.29, 0.717) is 17.3 Å². The molecular formula is C13H29N3. The van der Waals surface area contributed by atoms with Gasteiger partial charge in [0.05, 0.1) is 0 Å². The molecule has 0 aliphatic carbocycles. The molecule has 16 heavy (non-hydrogen) atoms. The van der Waals surface area contributed by atoms with Crippen LogP contribution >= 0.6 is 0 Å². The third-order valence-electron chi connectivity index (χ3n) is 2.29.